The smallest absolute Gasteiger partial charge is 0.408 e. The number of unbranched alkanes of at least 4 members (excludes halogenated alkanes) is 1. The Morgan fingerprint density at radius 3 is 1.85 bits per heavy atom. The molecule has 8 N–H and O–H groups in total. The number of aromatic nitrogens is 1. The Morgan fingerprint density at radius 1 is 0.623 bits per heavy atom. The van der Waals surface area contributed by atoms with Crippen LogP contribution < -0.4 is 37.1 Å². The zero-order valence-corrected chi connectivity index (χ0v) is 35.7. The minimum Gasteiger partial charge on any atom is -0.489 e. The summed E-state index contributed by atoms with van der Waals surface area (Å²) in [6.45, 7) is 11.2. The van der Waals surface area contributed by atoms with Crippen LogP contribution in [0.5, 0.6) is 5.75 Å². The van der Waals surface area contributed by atoms with Crippen LogP contribution in [0, 0.1) is 0 Å². The van der Waals surface area contributed by atoms with Crippen LogP contribution >= 0.6 is 0 Å². The lowest BCUT2D eigenvalue weighted by Gasteiger charge is -2.26. The summed E-state index contributed by atoms with van der Waals surface area (Å²) in [6.07, 6.45) is 0.819. The lowest BCUT2D eigenvalue weighted by molar-refractivity contribution is -0.134. The highest BCUT2D eigenvalue weighted by atomic mass is 16.6. The Hall–Kier alpha value is -6.58. The van der Waals surface area contributed by atoms with E-state index in [1.165, 1.54) is 0 Å². The molecule has 3 aromatic carbocycles. The molecule has 61 heavy (non-hydrogen) atoms. The van der Waals surface area contributed by atoms with Crippen LogP contribution in [-0.2, 0) is 48.1 Å². The van der Waals surface area contributed by atoms with Gasteiger partial charge in [0.2, 0.25) is 23.6 Å². The number of H-pyrrole nitrogens is 1. The van der Waals surface area contributed by atoms with Crippen molar-refractivity contribution in [3.63, 3.8) is 0 Å². The quantitative estimate of drug-likeness (QED) is 0.0611. The van der Waals surface area contributed by atoms with Crippen LogP contribution in [0.15, 0.2) is 85.1 Å². The van der Waals surface area contributed by atoms with Gasteiger partial charge in [-0.15, -0.1) is 0 Å². The number of primary amides is 1. The van der Waals surface area contributed by atoms with Gasteiger partial charge in [0.1, 0.15) is 41.7 Å². The van der Waals surface area contributed by atoms with Crippen molar-refractivity contribution in [2.24, 2.45) is 5.73 Å². The molecular formula is C45H59N7O9. The first-order valence-corrected chi connectivity index (χ1v) is 20.3. The Bertz CT molecular complexity index is 2090. The fourth-order valence-corrected chi connectivity index (χ4v) is 6.13. The molecule has 0 unspecified atom stereocenters. The summed E-state index contributed by atoms with van der Waals surface area (Å²) in [5.74, 6) is -2.45. The molecule has 16 heteroatoms. The van der Waals surface area contributed by atoms with Crippen LogP contribution in [0.1, 0.15) is 77.5 Å². The second-order valence-corrected chi connectivity index (χ2v) is 16.6. The number of carbonyl (C=O) groups is 6. The minimum atomic E-state index is -1.51. The largest absolute Gasteiger partial charge is 0.489 e. The zero-order chi connectivity index (χ0) is 44.6. The first-order chi connectivity index (χ1) is 28.8. The van der Waals surface area contributed by atoms with Gasteiger partial charge in [-0.2, -0.15) is 0 Å². The number of para-hydroxylation sites is 1. The highest BCUT2D eigenvalue weighted by Gasteiger charge is 2.32. The Balaban J connectivity index is 1.48. The molecule has 1 heterocycles. The normalized spacial score (nSPS) is 12.9. The lowest BCUT2D eigenvalue weighted by atomic mass is 10.0. The van der Waals surface area contributed by atoms with Crippen LogP contribution in [-0.4, -0.2) is 83.2 Å². The number of amides is 6. The molecule has 0 radical (unpaired) electrons. The first kappa shape index (κ1) is 47.1. The van der Waals surface area contributed by atoms with Gasteiger partial charge in [0.15, 0.2) is 0 Å². The number of nitrogens with one attached hydrogen (secondary N) is 6. The van der Waals surface area contributed by atoms with Crippen molar-refractivity contribution in [3.8, 4) is 5.75 Å². The standard InChI is InChI=1S/C45H59N7O9/c1-44(2,3)60-42(57)48-23-13-12-22-47-39(54)36(25-31-27-49-34-17-11-10-16-33(31)34)50-41(56)37(26-38(46)53)51-40(55)35(52-43(58)61-45(4,5)6)24-29-18-20-32(21-19-29)59-28-30-14-8-7-9-15-30/h7-11,14-21,27,35-37,49H,12-13,22-26,28H2,1-6H3,(H2,46,53)(H,47,54)(H,48,57)(H,50,56)(H,51,55)(H,52,58)/t35-,36-,37-/m0/s1. The fourth-order valence-electron chi connectivity index (χ4n) is 6.13. The maximum atomic E-state index is 14.0. The van der Waals surface area contributed by atoms with Crippen molar-refractivity contribution < 1.29 is 43.0 Å². The number of benzene rings is 3. The number of nitrogens with two attached hydrogens (primary N) is 1. The van der Waals surface area contributed by atoms with Crippen molar-refractivity contribution >= 4 is 46.7 Å². The average Bonchev–Trinajstić information content (AvgIpc) is 3.59. The Kier molecular flexibility index (Phi) is 17.1. The van der Waals surface area contributed by atoms with E-state index in [9.17, 15) is 28.8 Å². The number of carbonyl (C=O) groups excluding carboxylic acids is 6. The van der Waals surface area contributed by atoms with Crippen molar-refractivity contribution in [1.82, 2.24) is 31.6 Å². The van der Waals surface area contributed by atoms with Crippen molar-refractivity contribution in [2.75, 3.05) is 13.1 Å². The third-order valence-electron chi connectivity index (χ3n) is 8.96. The van der Waals surface area contributed by atoms with Crippen LogP contribution in [0.2, 0.25) is 0 Å². The average molecular weight is 842 g/mol. The van der Waals surface area contributed by atoms with E-state index < -0.39 is 71.6 Å². The molecule has 0 fully saturated rings. The molecule has 0 saturated carbocycles. The molecule has 4 aromatic rings. The van der Waals surface area contributed by atoms with Gasteiger partial charge in [0.05, 0.1) is 6.42 Å². The second kappa shape index (κ2) is 22.1. The van der Waals surface area contributed by atoms with Gasteiger partial charge in [0.25, 0.3) is 0 Å². The number of hydrogen-bond acceptors (Lipinski definition) is 9. The topological polar surface area (TPSA) is 232 Å². The molecule has 328 valence electrons. The molecule has 4 rings (SSSR count). The van der Waals surface area contributed by atoms with Crippen LogP contribution in [0.4, 0.5) is 9.59 Å². The van der Waals surface area contributed by atoms with E-state index in [-0.39, 0.29) is 19.4 Å². The van der Waals surface area contributed by atoms with Gasteiger partial charge in [-0.3, -0.25) is 19.2 Å². The predicted molar refractivity (Wildman–Crippen MR) is 230 cm³/mol. The molecule has 0 spiro atoms. The highest BCUT2D eigenvalue weighted by Crippen LogP contribution is 2.20. The Labute approximate surface area is 356 Å². The molecule has 0 aliphatic rings. The third kappa shape index (κ3) is 16.9. The third-order valence-corrected chi connectivity index (χ3v) is 8.96. The number of alkyl carbamates (subject to hydrolysis) is 2. The van der Waals surface area contributed by atoms with E-state index in [4.69, 9.17) is 19.9 Å². The van der Waals surface area contributed by atoms with Gasteiger partial charge in [-0.1, -0.05) is 60.7 Å². The van der Waals surface area contributed by atoms with E-state index in [1.807, 2.05) is 54.6 Å². The van der Waals surface area contributed by atoms with Gasteiger partial charge < -0.3 is 51.5 Å². The molecule has 6 amide bonds. The Morgan fingerprint density at radius 2 is 1.20 bits per heavy atom. The molecule has 0 aliphatic carbocycles. The van der Waals surface area contributed by atoms with Gasteiger partial charge >= 0.3 is 12.2 Å². The summed E-state index contributed by atoms with van der Waals surface area (Å²) >= 11 is 0. The first-order valence-electron chi connectivity index (χ1n) is 20.3. The number of fused-ring (bicyclic) bond motifs is 1. The number of ether oxygens (including phenoxy) is 3. The molecule has 3 atom stereocenters. The summed E-state index contributed by atoms with van der Waals surface area (Å²) in [5, 5.41) is 14.3. The summed E-state index contributed by atoms with van der Waals surface area (Å²) < 4.78 is 16.6. The second-order valence-electron chi connectivity index (χ2n) is 16.6. The molecule has 16 nitrogen and oxygen atoms in total. The van der Waals surface area contributed by atoms with E-state index >= 15 is 0 Å². The summed E-state index contributed by atoms with van der Waals surface area (Å²) in [5.41, 5.74) is 7.26. The lowest BCUT2D eigenvalue weighted by Crippen LogP contribution is -2.58. The van der Waals surface area contributed by atoms with Crippen LogP contribution in [0.25, 0.3) is 10.9 Å². The number of rotatable bonds is 20. The maximum absolute atomic E-state index is 14.0. The fraction of sp³-hybridized carbons (Fsp3) is 0.422. The number of hydrogen-bond donors (Lipinski definition) is 7. The number of aromatic amines is 1. The summed E-state index contributed by atoms with van der Waals surface area (Å²) in [4.78, 5) is 82.1. The van der Waals surface area contributed by atoms with E-state index in [0.717, 1.165) is 22.0 Å². The summed E-state index contributed by atoms with van der Waals surface area (Å²) in [7, 11) is 0. The molecule has 0 bridgehead atoms. The predicted octanol–water partition coefficient (Wildman–Crippen LogP) is 4.69. The van der Waals surface area contributed by atoms with Crippen molar-refractivity contribution in [3.05, 3.63) is 102 Å². The van der Waals surface area contributed by atoms with Gasteiger partial charge in [-0.05, 0) is 89.3 Å². The van der Waals surface area contributed by atoms with E-state index in [1.54, 1.807) is 72.0 Å². The van der Waals surface area contributed by atoms with Crippen molar-refractivity contribution in [1.29, 1.82) is 0 Å². The van der Waals surface area contributed by atoms with E-state index in [2.05, 4.69) is 31.6 Å². The van der Waals surface area contributed by atoms with Crippen molar-refractivity contribution in [2.45, 2.75) is 110 Å². The van der Waals surface area contributed by atoms with Gasteiger partial charge in [0, 0.05) is 43.0 Å². The molecule has 0 saturated heterocycles. The maximum Gasteiger partial charge on any atom is 0.408 e. The molecule has 0 aliphatic heterocycles. The van der Waals surface area contributed by atoms with Crippen LogP contribution in [0.3, 0.4) is 0 Å². The zero-order valence-electron chi connectivity index (χ0n) is 35.7. The highest BCUT2D eigenvalue weighted by molar-refractivity contribution is 5.96. The minimum absolute atomic E-state index is 0.0200. The van der Waals surface area contributed by atoms with E-state index in [0.29, 0.717) is 37.3 Å². The SMILES string of the molecule is CC(C)(C)OC(=O)NCCCCNC(=O)[C@H](Cc1c[nH]c2ccccc12)NC(=O)[C@H](CC(N)=O)NC(=O)[C@H](Cc1ccc(OCc2ccccc2)cc1)NC(=O)OC(C)(C)C. The monoisotopic (exact) mass is 841 g/mol. The van der Waals surface area contributed by atoms with Gasteiger partial charge in [-0.25, -0.2) is 9.59 Å². The molecule has 1 aromatic heterocycles. The summed E-state index contributed by atoms with van der Waals surface area (Å²) in [6, 6.07) is 20.2. The molecular weight excluding hydrogens is 783 g/mol.